The van der Waals surface area contributed by atoms with Crippen molar-refractivity contribution in [2.75, 3.05) is 32.8 Å². The Morgan fingerprint density at radius 3 is 2.45 bits per heavy atom. The maximum atomic E-state index is 13.9. The second kappa shape index (κ2) is 24.0. The van der Waals surface area contributed by atoms with Gasteiger partial charge in [0.1, 0.15) is 30.4 Å². The summed E-state index contributed by atoms with van der Waals surface area (Å²) in [6.45, 7) is 14.2. The number of hydrogen-bond donors (Lipinski definition) is 8. The zero-order chi connectivity index (χ0) is 50.4. The highest BCUT2D eigenvalue weighted by Gasteiger charge is 2.59. The van der Waals surface area contributed by atoms with Gasteiger partial charge in [-0.15, -0.1) is 0 Å². The molecule has 6 unspecified atom stereocenters. The van der Waals surface area contributed by atoms with E-state index in [1.165, 1.54) is 62.3 Å². The van der Waals surface area contributed by atoms with Crippen molar-refractivity contribution in [2.45, 2.75) is 200 Å². The van der Waals surface area contributed by atoms with Gasteiger partial charge in [-0.05, 0) is 130 Å². The van der Waals surface area contributed by atoms with Crippen LogP contribution < -0.4 is 21.7 Å². The number of aliphatic hydroxyl groups excluding tert-OH is 3. The number of ether oxygens (including phenoxy) is 2. The monoisotopic (exact) mass is 996 g/mol. The molecule has 394 valence electrons. The summed E-state index contributed by atoms with van der Waals surface area (Å²) < 4.78 is 35.7. The first-order valence-electron chi connectivity index (χ1n) is 26.1. The summed E-state index contributed by atoms with van der Waals surface area (Å²) in [5.74, 6) is 1.97. The molecule has 2 heterocycles. The van der Waals surface area contributed by atoms with Gasteiger partial charge in [0.15, 0.2) is 6.29 Å². The van der Waals surface area contributed by atoms with Gasteiger partial charge in [-0.2, -0.15) is 0 Å². The highest BCUT2D eigenvalue weighted by atomic mass is 31.2. The normalized spacial score (nSPS) is 36.5. The number of aliphatic hydroxyl groups is 3. The van der Waals surface area contributed by atoms with Crippen molar-refractivity contribution in [1.29, 1.82) is 0 Å². The van der Waals surface area contributed by atoms with Crippen LogP contribution in [0.15, 0.2) is 11.6 Å². The quantitative estimate of drug-likeness (QED) is 0.0405. The zero-order valence-corrected chi connectivity index (χ0v) is 43.2. The van der Waals surface area contributed by atoms with Crippen LogP contribution in [0.3, 0.4) is 0 Å². The summed E-state index contributed by atoms with van der Waals surface area (Å²) >= 11 is 0. The highest BCUT2D eigenvalue weighted by Crippen LogP contribution is 2.67. The lowest BCUT2D eigenvalue weighted by atomic mass is 9.47. The van der Waals surface area contributed by atoms with Gasteiger partial charge in [-0.3, -0.25) is 28.2 Å². The Hall–Kier alpha value is -2.51. The number of nitrogens with one attached hydrogen (secondary N) is 3. The smallest absolute Gasteiger partial charge is 0.394 e. The molecule has 6 aliphatic rings. The lowest BCUT2D eigenvalue weighted by Crippen LogP contribution is -2.65. The van der Waals surface area contributed by atoms with Crippen LogP contribution in [0.1, 0.15) is 145 Å². The molecule has 2 saturated heterocycles. The number of primary amides is 1. The van der Waals surface area contributed by atoms with Gasteiger partial charge >= 0.3 is 7.82 Å². The summed E-state index contributed by atoms with van der Waals surface area (Å²) in [7, 11) is -4.47. The maximum Gasteiger partial charge on any atom is 0.472 e. The highest BCUT2D eigenvalue weighted by molar-refractivity contribution is 7.47. The lowest BCUT2D eigenvalue weighted by Gasteiger charge is -2.58. The first-order valence-corrected chi connectivity index (χ1v) is 27.6. The van der Waals surface area contributed by atoms with Gasteiger partial charge in [0.05, 0.1) is 31.5 Å². The van der Waals surface area contributed by atoms with E-state index in [1.54, 1.807) is 6.92 Å². The summed E-state index contributed by atoms with van der Waals surface area (Å²) in [6, 6.07) is -3.11. The van der Waals surface area contributed by atoms with E-state index in [1.807, 2.05) is 0 Å². The van der Waals surface area contributed by atoms with Crippen molar-refractivity contribution >= 4 is 31.5 Å². The van der Waals surface area contributed by atoms with Crippen molar-refractivity contribution in [1.82, 2.24) is 20.9 Å². The average molecular weight is 996 g/mol. The molecule has 0 bridgehead atoms. The molecule has 0 aromatic carbocycles. The van der Waals surface area contributed by atoms with Crippen LogP contribution in [-0.2, 0) is 42.3 Å². The molecule has 19 heteroatoms. The molecule has 69 heavy (non-hydrogen) atoms. The Morgan fingerprint density at radius 2 is 1.78 bits per heavy atom. The van der Waals surface area contributed by atoms with Crippen LogP contribution in [0.4, 0.5) is 0 Å². The lowest BCUT2D eigenvalue weighted by molar-refractivity contribution is -0.268. The maximum absolute atomic E-state index is 13.9. The Morgan fingerprint density at radius 1 is 1.03 bits per heavy atom. The van der Waals surface area contributed by atoms with Gasteiger partial charge in [0.25, 0.3) is 0 Å². The van der Waals surface area contributed by atoms with Gasteiger partial charge in [-0.1, -0.05) is 65.5 Å². The molecule has 0 radical (unpaired) electrons. The number of carbonyl (C=O) groups excluding carboxylic acids is 4. The van der Waals surface area contributed by atoms with Crippen molar-refractivity contribution in [3.05, 3.63) is 11.6 Å². The molecule has 2 aliphatic heterocycles. The van der Waals surface area contributed by atoms with E-state index in [0.29, 0.717) is 43.1 Å². The van der Waals surface area contributed by atoms with Crippen LogP contribution >= 0.6 is 7.82 Å². The standard InChI is InChI=1S/C50H86N5O13P/c1-29(2)10-8-11-30(3)36-15-16-37-35-14-13-33-26-34(19-21-49(33,6)38(35)20-22-50(36,37)7)68-69(63,64)65-25-24-53-42(58)18-17-40(46(51)60)55(47(61)39-12-9-23-52-39)27-31(4)66-45-43(54-32(5)57)48(62)67-41(28-56)44(45)59/h13,29-31,34-41,43-45,48,52,56,59,62H,8-12,14-28H2,1-7H3,(H2,51,60)(H,53,58)(H,54,57)(H,63,64)/t30-,31?,34?,35?,36-,37?,38?,39+,40-,41-,43-,44-,45-,48+,49+,50-/m1/s1. The Balaban J connectivity index is 0.979. The van der Waals surface area contributed by atoms with Crippen LogP contribution in [0.25, 0.3) is 0 Å². The fourth-order valence-electron chi connectivity index (χ4n) is 13.8. The van der Waals surface area contributed by atoms with E-state index in [-0.39, 0.29) is 38.0 Å². The van der Waals surface area contributed by atoms with Gasteiger partial charge in [0, 0.05) is 26.4 Å². The average Bonchev–Trinajstić information content (AvgIpc) is 3.95. The van der Waals surface area contributed by atoms with Crippen molar-refractivity contribution in [3.63, 3.8) is 0 Å². The third kappa shape index (κ3) is 13.4. The van der Waals surface area contributed by atoms with Crippen molar-refractivity contribution in [2.24, 2.45) is 52.1 Å². The summed E-state index contributed by atoms with van der Waals surface area (Å²) in [5, 5.41) is 39.6. The number of rotatable bonds is 23. The molecule has 6 rings (SSSR count). The van der Waals surface area contributed by atoms with Crippen LogP contribution in [0.2, 0.25) is 0 Å². The van der Waals surface area contributed by atoms with E-state index in [9.17, 15) is 44.0 Å². The van der Waals surface area contributed by atoms with E-state index in [2.05, 4.69) is 56.6 Å². The molecule has 0 spiro atoms. The van der Waals surface area contributed by atoms with Crippen molar-refractivity contribution < 1.29 is 62.5 Å². The summed E-state index contributed by atoms with van der Waals surface area (Å²) in [4.78, 5) is 64.0. The molecular formula is C50H86N5O13P. The molecule has 3 saturated carbocycles. The molecule has 4 amide bonds. The number of phosphoric ester groups is 1. The van der Waals surface area contributed by atoms with Crippen LogP contribution in [0, 0.1) is 46.3 Å². The van der Waals surface area contributed by atoms with E-state index in [4.69, 9.17) is 24.3 Å². The topological polar surface area (TPSA) is 269 Å². The molecule has 0 aromatic rings. The number of hydrogen-bond acceptors (Lipinski definition) is 13. The SMILES string of the molecule is CC(=O)N[C@@H]1[C@@H](OC(C)CN(C(=O)[C@@H]2CCCN2)[C@H](CCC(=O)NCCOP(=O)(O)OC2CC[C@@]3(C)C(=CCC4C3CC[C@@]3(C)C4CC[C@@H]3[C@H](C)CCCC(C)C)C2)C(N)=O)[C@H](O)[C@@H](CO)O[C@@H]1O. The molecule has 18 nitrogen and oxygen atoms in total. The molecule has 17 atom stereocenters. The predicted octanol–water partition coefficient (Wildman–Crippen LogP) is 4.21. The summed E-state index contributed by atoms with van der Waals surface area (Å²) in [5.41, 5.74) is 7.65. The fraction of sp³-hybridized carbons (Fsp3) is 0.880. The number of phosphoric acid groups is 1. The second-order valence-electron chi connectivity index (χ2n) is 22.4. The number of fused-ring (bicyclic) bond motifs is 5. The first-order chi connectivity index (χ1) is 32.6. The largest absolute Gasteiger partial charge is 0.472 e. The predicted molar refractivity (Wildman–Crippen MR) is 258 cm³/mol. The number of allylic oxidation sites excluding steroid dienone is 1. The first kappa shape index (κ1) is 55.8. The molecule has 4 aliphatic carbocycles. The van der Waals surface area contributed by atoms with Gasteiger partial charge < -0.3 is 56.3 Å². The fourth-order valence-corrected chi connectivity index (χ4v) is 14.7. The molecule has 9 N–H and O–H groups in total. The van der Waals surface area contributed by atoms with Gasteiger partial charge in [0.2, 0.25) is 23.6 Å². The number of nitrogens with two attached hydrogens (primary N) is 1. The van der Waals surface area contributed by atoms with Gasteiger partial charge in [-0.25, -0.2) is 4.57 Å². The third-order valence-corrected chi connectivity index (χ3v) is 18.4. The molecule has 0 aromatic heterocycles. The van der Waals surface area contributed by atoms with Crippen LogP contribution in [0.5, 0.6) is 0 Å². The van der Waals surface area contributed by atoms with E-state index >= 15 is 0 Å². The molecular weight excluding hydrogens is 910 g/mol. The minimum absolute atomic E-state index is 0.0505. The zero-order valence-electron chi connectivity index (χ0n) is 42.3. The summed E-state index contributed by atoms with van der Waals surface area (Å²) in [6.07, 6.45) is 8.58. The Kier molecular flexibility index (Phi) is 19.4. The van der Waals surface area contributed by atoms with E-state index < -0.39 is 93.0 Å². The third-order valence-electron chi connectivity index (χ3n) is 17.3. The molecule has 5 fully saturated rings. The number of nitrogens with zero attached hydrogens (tertiary/aromatic N) is 1. The van der Waals surface area contributed by atoms with Crippen LogP contribution in [-0.4, -0.2) is 137 Å². The Bertz CT molecular complexity index is 1850. The van der Waals surface area contributed by atoms with E-state index in [0.717, 1.165) is 42.9 Å². The Labute approximate surface area is 409 Å². The second-order valence-corrected chi connectivity index (χ2v) is 23.8. The minimum atomic E-state index is -4.47. The number of amides is 4. The van der Waals surface area contributed by atoms with Crippen molar-refractivity contribution in [3.8, 4) is 0 Å². The number of carbonyl (C=O) groups is 4. The minimum Gasteiger partial charge on any atom is -0.394 e.